The Kier molecular flexibility index (Phi) is 5.48. The maximum Gasteiger partial charge on any atom is 0.277 e. The molecular formula is C16H17N3O3. The third-order valence-electron chi connectivity index (χ3n) is 2.81. The van der Waals surface area contributed by atoms with Crippen LogP contribution < -0.4 is 14.9 Å². The molecule has 0 saturated heterocycles. The van der Waals surface area contributed by atoms with Crippen LogP contribution in [0.1, 0.15) is 12.6 Å². The molecule has 0 atom stereocenters. The van der Waals surface area contributed by atoms with Crippen LogP contribution in [-0.4, -0.2) is 30.3 Å². The first-order valence-corrected chi connectivity index (χ1v) is 6.70. The lowest BCUT2D eigenvalue weighted by atomic mass is 10.3. The third-order valence-corrected chi connectivity index (χ3v) is 2.81. The standard InChI is InChI=1S/C16H17N3O3/c1-12(15-5-3-4-10-17-15)18-19-16(20)11-22-14-8-6-13(21-2)7-9-14/h3-10H,11H2,1-2H3,(H,19,20)/b18-12+. The Morgan fingerprint density at radius 3 is 2.55 bits per heavy atom. The van der Waals surface area contributed by atoms with Gasteiger partial charge in [-0.3, -0.25) is 9.78 Å². The average molecular weight is 299 g/mol. The van der Waals surface area contributed by atoms with Gasteiger partial charge in [-0.15, -0.1) is 0 Å². The lowest BCUT2D eigenvalue weighted by molar-refractivity contribution is -0.123. The molecule has 0 aliphatic rings. The largest absolute Gasteiger partial charge is 0.497 e. The minimum Gasteiger partial charge on any atom is -0.497 e. The Hall–Kier alpha value is -2.89. The van der Waals surface area contributed by atoms with Gasteiger partial charge in [0.1, 0.15) is 11.5 Å². The summed E-state index contributed by atoms with van der Waals surface area (Å²) in [4.78, 5) is 15.8. The number of carbonyl (C=O) groups is 1. The van der Waals surface area contributed by atoms with E-state index in [0.29, 0.717) is 17.2 Å². The molecule has 114 valence electrons. The molecule has 0 aliphatic heterocycles. The monoisotopic (exact) mass is 299 g/mol. The van der Waals surface area contributed by atoms with Crippen LogP contribution in [0.3, 0.4) is 0 Å². The van der Waals surface area contributed by atoms with E-state index in [4.69, 9.17) is 9.47 Å². The molecule has 6 heteroatoms. The molecule has 0 saturated carbocycles. The zero-order valence-electron chi connectivity index (χ0n) is 12.4. The van der Waals surface area contributed by atoms with E-state index in [0.717, 1.165) is 5.75 Å². The summed E-state index contributed by atoms with van der Waals surface area (Å²) in [5.41, 5.74) is 3.76. The summed E-state index contributed by atoms with van der Waals surface area (Å²) in [5, 5.41) is 3.99. The SMILES string of the molecule is COc1ccc(OCC(=O)N/N=C(\C)c2ccccn2)cc1. The number of rotatable bonds is 6. The van der Waals surface area contributed by atoms with E-state index in [-0.39, 0.29) is 12.5 Å². The van der Waals surface area contributed by atoms with Crippen LogP contribution in [0.4, 0.5) is 0 Å². The first-order chi connectivity index (χ1) is 10.7. The van der Waals surface area contributed by atoms with Crippen molar-refractivity contribution in [3.05, 3.63) is 54.4 Å². The Morgan fingerprint density at radius 2 is 1.91 bits per heavy atom. The van der Waals surface area contributed by atoms with Crippen molar-refractivity contribution in [1.29, 1.82) is 0 Å². The molecule has 22 heavy (non-hydrogen) atoms. The van der Waals surface area contributed by atoms with Gasteiger partial charge in [0.15, 0.2) is 6.61 Å². The van der Waals surface area contributed by atoms with Crippen molar-refractivity contribution in [2.24, 2.45) is 5.10 Å². The second-order valence-corrected chi connectivity index (χ2v) is 4.41. The molecule has 1 aromatic carbocycles. The van der Waals surface area contributed by atoms with Crippen LogP contribution >= 0.6 is 0 Å². The molecule has 6 nitrogen and oxygen atoms in total. The molecule has 1 aromatic heterocycles. The van der Waals surface area contributed by atoms with Crippen LogP contribution in [0.15, 0.2) is 53.8 Å². The molecule has 2 aromatic rings. The van der Waals surface area contributed by atoms with Crippen LogP contribution in [0.5, 0.6) is 11.5 Å². The maximum atomic E-state index is 11.7. The fraction of sp³-hybridized carbons (Fsp3) is 0.188. The van der Waals surface area contributed by atoms with Crippen molar-refractivity contribution in [2.75, 3.05) is 13.7 Å². The molecule has 2 rings (SSSR count). The molecule has 0 bridgehead atoms. The smallest absolute Gasteiger partial charge is 0.277 e. The first kappa shape index (κ1) is 15.5. The predicted molar refractivity (Wildman–Crippen MR) is 83.1 cm³/mol. The number of aromatic nitrogens is 1. The second kappa shape index (κ2) is 7.78. The van der Waals surface area contributed by atoms with Crippen LogP contribution in [0, 0.1) is 0 Å². The van der Waals surface area contributed by atoms with Crippen molar-refractivity contribution >= 4 is 11.6 Å². The molecule has 1 heterocycles. The number of nitrogens with zero attached hydrogens (tertiary/aromatic N) is 2. The number of methoxy groups -OCH3 is 1. The topological polar surface area (TPSA) is 72.8 Å². The lowest BCUT2D eigenvalue weighted by Gasteiger charge is -2.06. The van der Waals surface area contributed by atoms with E-state index in [1.807, 2.05) is 18.2 Å². The fourth-order valence-electron chi connectivity index (χ4n) is 1.63. The Balaban J connectivity index is 1.82. The minimum absolute atomic E-state index is 0.120. The van der Waals surface area contributed by atoms with E-state index in [2.05, 4.69) is 15.5 Å². The van der Waals surface area contributed by atoms with E-state index < -0.39 is 0 Å². The van der Waals surface area contributed by atoms with Crippen LogP contribution in [0.2, 0.25) is 0 Å². The number of amides is 1. The fourth-order valence-corrected chi connectivity index (χ4v) is 1.63. The summed E-state index contributed by atoms with van der Waals surface area (Å²) < 4.78 is 10.4. The van der Waals surface area contributed by atoms with Gasteiger partial charge < -0.3 is 9.47 Å². The third kappa shape index (κ3) is 4.59. The van der Waals surface area contributed by atoms with Gasteiger partial charge in [0.25, 0.3) is 5.91 Å². The minimum atomic E-state index is -0.342. The number of benzene rings is 1. The zero-order chi connectivity index (χ0) is 15.8. The van der Waals surface area contributed by atoms with Gasteiger partial charge in [-0.05, 0) is 43.3 Å². The molecule has 1 amide bonds. The Labute approximate surface area is 128 Å². The van der Waals surface area contributed by atoms with Crippen molar-refractivity contribution in [2.45, 2.75) is 6.92 Å². The molecule has 0 spiro atoms. The summed E-state index contributed by atoms with van der Waals surface area (Å²) in [7, 11) is 1.59. The zero-order valence-corrected chi connectivity index (χ0v) is 12.4. The highest BCUT2D eigenvalue weighted by molar-refractivity contribution is 5.97. The molecule has 0 radical (unpaired) electrons. The predicted octanol–water partition coefficient (Wildman–Crippen LogP) is 2.01. The Bertz CT molecular complexity index is 639. The normalized spacial score (nSPS) is 10.9. The highest BCUT2D eigenvalue weighted by atomic mass is 16.5. The van der Waals surface area contributed by atoms with Crippen molar-refractivity contribution in [1.82, 2.24) is 10.4 Å². The Morgan fingerprint density at radius 1 is 1.18 bits per heavy atom. The van der Waals surface area contributed by atoms with Gasteiger partial charge in [-0.2, -0.15) is 5.10 Å². The van der Waals surface area contributed by atoms with Crippen molar-refractivity contribution < 1.29 is 14.3 Å². The van der Waals surface area contributed by atoms with Crippen molar-refractivity contribution in [3.8, 4) is 11.5 Å². The van der Waals surface area contributed by atoms with E-state index in [1.165, 1.54) is 0 Å². The molecule has 0 aliphatic carbocycles. The molecular weight excluding hydrogens is 282 g/mol. The van der Waals surface area contributed by atoms with Crippen LogP contribution in [0.25, 0.3) is 0 Å². The van der Waals surface area contributed by atoms with E-state index in [9.17, 15) is 4.79 Å². The van der Waals surface area contributed by atoms with Gasteiger partial charge in [0.2, 0.25) is 0 Å². The molecule has 0 unspecified atom stereocenters. The highest BCUT2D eigenvalue weighted by Gasteiger charge is 2.03. The number of hydrazone groups is 1. The maximum absolute atomic E-state index is 11.7. The van der Waals surface area contributed by atoms with Gasteiger partial charge in [0.05, 0.1) is 18.5 Å². The van der Waals surface area contributed by atoms with Gasteiger partial charge in [-0.25, -0.2) is 5.43 Å². The first-order valence-electron chi connectivity index (χ1n) is 6.70. The molecule has 1 N–H and O–H groups in total. The lowest BCUT2D eigenvalue weighted by Crippen LogP contribution is -2.25. The van der Waals surface area contributed by atoms with Gasteiger partial charge >= 0.3 is 0 Å². The van der Waals surface area contributed by atoms with E-state index in [1.54, 1.807) is 44.5 Å². The number of hydrogen-bond donors (Lipinski definition) is 1. The average Bonchev–Trinajstić information content (AvgIpc) is 2.59. The summed E-state index contributed by atoms with van der Waals surface area (Å²) in [6.45, 7) is 1.65. The van der Waals surface area contributed by atoms with Gasteiger partial charge in [0, 0.05) is 6.20 Å². The number of hydrogen-bond acceptors (Lipinski definition) is 5. The number of ether oxygens (including phenoxy) is 2. The number of pyridine rings is 1. The van der Waals surface area contributed by atoms with Crippen molar-refractivity contribution in [3.63, 3.8) is 0 Å². The summed E-state index contributed by atoms with van der Waals surface area (Å²) in [5.74, 6) is 0.972. The number of carbonyl (C=O) groups excluding carboxylic acids is 1. The number of nitrogens with one attached hydrogen (secondary N) is 1. The van der Waals surface area contributed by atoms with Crippen LogP contribution in [-0.2, 0) is 4.79 Å². The molecule has 0 fully saturated rings. The summed E-state index contributed by atoms with van der Waals surface area (Å²) >= 11 is 0. The second-order valence-electron chi connectivity index (χ2n) is 4.41. The quantitative estimate of drug-likeness (QED) is 0.654. The van der Waals surface area contributed by atoms with E-state index >= 15 is 0 Å². The summed E-state index contributed by atoms with van der Waals surface area (Å²) in [6.07, 6.45) is 1.67. The highest BCUT2D eigenvalue weighted by Crippen LogP contribution is 2.16. The van der Waals surface area contributed by atoms with Gasteiger partial charge in [-0.1, -0.05) is 6.07 Å². The summed E-state index contributed by atoms with van der Waals surface area (Å²) in [6, 6.07) is 12.5.